The first-order chi connectivity index (χ1) is 15.9. The summed E-state index contributed by atoms with van der Waals surface area (Å²) in [6.45, 7) is 4.73. The van der Waals surface area contributed by atoms with Crippen molar-refractivity contribution in [3.63, 3.8) is 0 Å². The van der Waals surface area contributed by atoms with Gasteiger partial charge < -0.3 is 20.0 Å². The third kappa shape index (κ3) is 4.16. The van der Waals surface area contributed by atoms with Gasteiger partial charge in [-0.1, -0.05) is 32.0 Å². The molecule has 0 saturated heterocycles. The number of hydrogen-bond donors (Lipinski definition) is 2. The van der Waals surface area contributed by atoms with Gasteiger partial charge in [0.2, 0.25) is 0 Å². The van der Waals surface area contributed by atoms with E-state index in [9.17, 15) is 4.79 Å². The van der Waals surface area contributed by atoms with Crippen LogP contribution < -0.4 is 15.5 Å². The third-order valence-corrected chi connectivity index (χ3v) is 6.45. The molecule has 5 rings (SSSR count). The molecular weight excluding hydrogens is 432 g/mol. The van der Waals surface area contributed by atoms with Gasteiger partial charge in [-0.2, -0.15) is 0 Å². The van der Waals surface area contributed by atoms with Crippen molar-refractivity contribution in [1.82, 2.24) is 10.3 Å². The lowest BCUT2D eigenvalue weighted by molar-refractivity contribution is -0.118. The molecule has 0 bridgehead atoms. The molecule has 1 atom stereocenters. The zero-order chi connectivity index (χ0) is 23.0. The summed E-state index contributed by atoms with van der Waals surface area (Å²) < 4.78 is 5.48. The Morgan fingerprint density at radius 3 is 2.82 bits per heavy atom. The maximum absolute atomic E-state index is 13.6. The second-order valence-electron chi connectivity index (χ2n) is 9.27. The maximum atomic E-state index is 13.6. The van der Waals surface area contributed by atoms with Crippen molar-refractivity contribution >= 4 is 34.5 Å². The number of nitrogens with one attached hydrogen (secondary N) is 2. The van der Waals surface area contributed by atoms with Gasteiger partial charge in [0.15, 0.2) is 10.9 Å². The number of carbonyl (C=O) groups is 1. The summed E-state index contributed by atoms with van der Waals surface area (Å²) in [4.78, 5) is 20.0. The number of furan rings is 1. The molecule has 7 heteroatoms. The van der Waals surface area contributed by atoms with Gasteiger partial charge in [0.25, 0.3) is 0 Å². The number of anilines is 2. The average molecular weight is 459 g/mol. The Morgan fingerprint density at radius 1 is 1.21 bits per heavy atom. The van der Waals surface area contributed by atoms with Crippen molar-refractivity contribution in [3.8, 4) is 0 Å². The van der Waals surface area contributed by atoms with Gasteiger partial charge in [0.05, 0.1) is 30.2 Å². The van der Waals surface area contributed by atoms with Crippen molar-refractivity contribution in [2.45, 2.75) is 39.3 Å². The number of thiocarbonyl (C=S) groups is 1. The summed E-state index contributed by atoms with van der Waals surface area (Å²) >= 11 is 5.93. The summed E-state index contributed by atoms with van der Waals surface area (Å²) in [5.41, 5.74) is 4.32. The predicted octanol–water partition coefficient (Wildman–Crippen LogP) is 5.37. The molecule has 1 aliphatic heterocycles. The monoisotopic (exact) mass is 458 g/mol. The number of aromatic nitrogens is 1. The molecular formula is C26H26N4O2S. The van der Waals surface area contributed by atoms with Crippen molar-refractivity contribution in [2.24, 2.45) is 5.41 Å². The second-order valence-corrected chi connectivity index (χ2v) is 9.66. The smallest absolute Gasteiger partial charge is 0.174 e. The van der Waals surface area contributed by atoms with Gasteiger partial charge >= 0.3 is 0 Å². The highest BCUT2D eigenvalue weighted by Gasteiger charge is 2.42. The summed E-state index contributed by atoms with van der Waals surface area (Å²) in [5, 5.41) is 7.44. The molecule has 2 aliphatic rings. The quantitative estimate of drug-likeness (QED) is 0.512. The van der Waals surface area contributed by atoms with Gasteiger partial charge in [-0.3, -0.25) is 9.78 Å². The number of rotatable bonds is 3. The maximum Gasteiger partial charge on any atom is 0.174 e. The van der Waals surface area contributed by atoms with E-state index in [1.807, 2.05) is 59.6 Å². The fourth-order valence-corrected chi connectivity index (χ4v) is 5.00. The van der Waals surface area contributed by atoms with Gasteiger partial charge in [0.1, 0.15) is 5.76 Å². The van der Waals surface area contributed by atoms with Crippen LogP contribution in [0.15, 0.2) is 82.9 Å². The molecule has 1 aromatic carbocycles. The Balaban J connectivity index is 1.66. The summed E-state index contributed by atoms with van der Waals surface area (Å²) in [5.74, 6) is 0.918. The topological polar surface area (TPSA) is 70.4 Å². The molecule has 0 saturated carbocycles. The fourth-order valence-electron chi connectivity index (χ4n) is 4.72. The van der Waals surface area contributed by atoms with Gasteiger partial charge in [0, 0.05) is 30.1 Å². The number of hydrogen-bond acceptors (Lipinski definition) is 5. The number of nitrogens with zero attached hydrogens (tertiary/aromatic N) is 2. The molecule has 0 unspecified atom stereocenters. The van der Waals surface area contributed by atoms with Gasteiger partial charge in [-0.15, -0.1) is 0 Å². The number of benzene rings is 1. The van der Waals surface area contributed by atoms with Crippen LogP contribution in [-0.2, 0) is 11.3 Å². The summed E-state index contributed by atoms with van der Waals surface area (Å²) in [7, 11) is 0. The highest BCUT2D eigenvalue weighted by atomic mass is 32.1. The number of allylic oxidation sites excluding steroid dienone is 1. The Labute approximate surface area is 198 Å². The van der Waals surface area contributed by atoms with Crippen LogP contribution in [0, 0.1) is 5.41 Å². The minimum Gasteiger partial charge on any atom is -0.467 e. The van der Waals surface area contributed by atoms with E-state index in [2.05, 4.69) is 29.5 Å². The molecule has 6 nitrogen and oxygen atoms in total. The molecule has 0 fully saturated rings. The van der Waals surface area contributed by atoms with Crippen LogP contribution in [0.5, 0.6) is 0 Å². The van der Waals surface area contributed by atoms with E-state index in [0.29, 0.717) is 18.1 Å². The first-order valence-corrected chi connectivity index (χ1v) is 11.5. The third-order valence-electron chi connectivity index (χ3n) is 6.11. The van der Waals surface area contributed by atoms with E-state index >= 15 is 0 Å². The molecule has 3 heterocycles. The van der Waals surface area contributed by atoms with Crippen molar-refractivity contribution in [2.75, 3.05) is 10.2 Å². The molecule has 168 valence electrons. The Morgan fingerprint density at radius 2 is 2.06 bits per heavy atom. The SMILES string of the molecule is CC1(C)CC(=O)C2=C(C1)Nc1ccccc1N(C(=S)NCc1ccco1)[C@H]2c1cccnc1. The zero-order valence-corrected chi connectivity index (χ0v) is 19.5. The van der Waals surface area contributed by atoms with Crippen molar-refractivity contribution < 1.29 is 9.21 Å². The van der Waals surface area contributed by atoms with E-state index in [-0.39, 0.29) is 11.2 Å². The van der Waals surface area contributed by atoms with Crippen LogP contribution in [0.3, 0.4) is 0 Å². The van der Waals surface area contributed by atoms with E-state index in [1.165, 1.54) is 0 Å². The summed E-state index contributed by atoms with van der Waals surface area (Å²) in [6, 6.07) is 15.3. The van der Waals surface area contributed by atoms with Crippen LogP contribution >= 0.6 is 12.2 Å². The Hall–Kier alpha value is -3.45. The molecule has 0 radical (unpaired) electrons. The first kappa shape index (κ1) is 21.4. The van der Waals surface area contributed by atoms with Crippen LogP contribution in [0.25, 0.3) is 0 Å². The zero-order valence-electron chi connectivity index (χ0n) is 18.7. The average Bonchev–Trinajstić information content (AvgIpc) is 3.26. The van der Waals surface area contributed by atoms with E-state index in [0.717, 1.165) is 40.4 Å². The number of carbonyl (C=O) groups excluding carboxylic acids is 1. The van der Waals surface area contributed by atoms with Crippen LogP contribution in [0.2, 0.25) is 0 Å². The fraction of sp³-hybridized carbons (Fsp3) is 0.269. The molecule has 33 heavy (non-hydrogen) atoms. The molecule has 0 spiro atoms. The van der Waals surface area contributed by atoms with Crippen molar-refractivity contribution in [1.29, 1.82) is 0 Å². The van der Waals surface area contributed by atoms with E-state index < -0.39 is 6.04 Å². The lowest BCUT2D eigenvalue weighted by atomic mass is 9.73. The van der Waals surface area contributed by atoms with Crippen LogP contribution in [-0.4, -0.2) is 15.9 Å². The van der Waals surface area contributed by atoms with E-state index in [4.69, 9.17) is 16.6 Å². The Kier molecular flexibility index (Phi) is 5.50. The van der Waals surface area contributed by atoms with Gasteiger partial charge in [-0.25, -0.2) is 0 Å². The number of pyridine rings is 1. The Bertz CT molecular complexity index is 1220. The highest BCUT2D eigenvalue weighted by molar-refractivity contribution is 7.80. The molecule has 2 aromatic heterocycles. The highest BCUT2D eigenvalue weighted by Crippen LogP contribution is 2.48. The molecule has 1 aliphatic carbocycles. The standard InChI is InChI=1S/C26H26N4O2S/c1-26(2)13-20-23(22(31)14-26)24(17-7-5-11-27-15-17)30(21-10-4-3-9-19(21)29-20)25(33)28-16-18-8-6-12-32-18/h3-12,15,24,29H,13-14,16H2,1-2H3,(H,28,33)/t24-/m0/s1. The molecule has 0 amide bonds. The number of para-hydroxylation sites is 2. The van der Waals surface area contributed by atoms with Crippen LogP contribution in [0.1, 0.15) is 44.1 Å². The first-order valence-electron chi connectivity index (χ1n) is 11.0. The number of fused-ring (bicyclic) bond motifs is 1. The lowest BCUT2D eigenvalue weighted by Gasteiger charge is -2.38. The minimum atomic E-state index is -0.398. The molecule has 3 aromatic rings. The van der Waals surface area contributed by atoms with Gasteiger partial charge in [-0.05, 0) is 59.9 Å². The largest absolute Gasteiger partial charge is 0.467 e. The lowest BCUT2D eigenvalue weighted by Crippen LogP contribution is -2.44. The van der Waals surface area contributed by atoms with E-state index in [1.54, 1.807) is 12.5 Å². The number of Topliss-reactive ketones (excluding diaryl/α,β-unsaturated/α-hetero) is 1. The minimum absolute atomic E-state index is 0.120. The number of ketones is 1. The normalized spacial score (nSPS) is 19.3. The molecule has 2 N–H and O–H groups in total. The second kappa shape index (κ2) is 8.48. The summed E-state index contributed by atoms with van der Waals surface area (Å²) in [6.07, 6.45) is 6.47. The van der Waals surface area contributed by atoms with Crippen molar-refractivity contribution in [3.05, 3.63) is 89.8 Å². The predicted molar refractivity (Wildman–Crippen MR) is 133 cm³/mol. The van der Waals surface area contributed by atoms with Crippen LogP contribution in [0.4, 0.5) is 11.4 Å².